The summed E-state index contributed by atoms with van der Waals surface area (Å²) in [6, 6.07) is 10.6. The average Bonchev–Trinajstić information content (AvgIpc) is 2.86. The maximum Gasteiger partial charge on any atom is 0.188 e. The van der Waals surface area contributed by atoms with Gasteiger partial charge >= 0.3 is 0 Å². The van der Waals surface area contributed by atoms with Gasteiger partial charge in [-0.2, -0.15) is 0 Å². The van der Waals surface area contributed by atoms with E-state index in [1.807, 2.05) is 0 Å². The normalized spacial score (nSPS) is 11.2. The lowest BCUT2D eigenvalue weighted by molar-refractivity contribution is -0.110. The number of carbonyl (C=O) groups excluding carboxylic acids is 1. The summed E-state index contributed by atoms with van der Waals surface area (Å²) < 4.78 is 41.8. The number of methoxy groups -OCH3 is 4. The van der Waals surface area contributed by atoms with Gasteiger partial charge in [-0.05, 0) is 47.5 Å². The first kappa shape index (κ1) is 26.9. The van der Waals surface area contributed by atoms with E-state index in [1.165, 1.54) is 40.6 Å². The lowest BCUT2D eigenvalue weighted by atomic mass is 10.1. The molecule has 0 aromatic heterocycles. The molecule has 0 amide bonds. The third-order valence-electron chi connectivity index (χ3n) is 4.14. The minimum atomic E-state index is -0.196. The molecule has 0 heterocycles. The summed E-state index contributed by atoms with van der Waals surface area (Å²) >= 11 is 0. The van der Waals surface area contributed by atoms with Gasteiger partial charge in [0.05, 0.1) is 0 Å². The summed E-state index contributed by atoms with van der Waals surface area (Å²) in [5.41, 5.74) is 1.51. The molecule has 184 valence electrons. The molecule has 0 bridgehead atoms. The van der Waals surface area contributed by atoms with Gasteiger partial charge < -0.3 is 37.9 Å². The van der Waals surface area contributed by atoms with Crippen molar-refractivity contribution in [1.29, 1.82) is 0 Å². The molecular formula is C25H30O9. The molecule has 0 N–H and O–H groups in total. The molecule has 0 saturated carbocycles. The summed E-state index contributed by atoms with van der Waals surface area (Å²) in [7, 11) is 6.11. The minimum Gasteiger partial charge on any atom is -0.464 e. The van der Waals surface area contributed by atoms with E-state index < -0.39 is 0 Å². The highest BCUT2D eigenvalue weighted by atomic mass is 16.7. The van der Waals surface area contributed by atoms with Crippen molar-refractivity contribution < 1.29 is 42.7 Å². The van der Waals surface area contributed by atoms with Gasteiger partial charge in [0.15, 0.2) is 56.0 Å². The molecule has 9 nitrogen and oxygen atoms in total. The lowest BCUT2D eigenvalue weighted by Gasteiger charge is -2.12. The molecule has 9 heteroatoms. The molecule has 0 aliphatic heterocycles. The molecule has 0 spiro atoms. The number of benzene rings is 2. The fraction of sp³-hybridized carbons (Fsp3) is 0.320. The van der Waals surface area contributed by atoms with E-state index in [0.717, 1.165) is 11.1 Å². The zero-order valence-electron chi connectivity index (χ0n) is 19.8. The standard InChI is InChI=1S/C25H30O9/c1-27-15-31-22-11-7-19(13-24(22)33-17-29-3)5-9-21(26)10-6-20-8-12-23(32-16-28-2)25(14-20)34-18-30-4/h5-14H,15-18H2,1-4H3/b9-5+,10-6+. The summed E-state index contributed by atoms with van der Waals surface area (Å²) in [6.45, 7) is 0.284. The van der Waals surface area contributed by atoms with Crippen LogP contribution in [0.1, 0.15) is 11.1 Å². The maximum atomic E-state index is 12.4. The molecule has 0 saturated heterocycles. The first-order valence-corrected chi connectivity index (χ1v) is 10.3. The molecule has 0 unspecified atom stereocenters. The topological polar surface area (TPSA) is 90.9 Å². The molecule has 2 rings (SSSR count). The zero-order chi connectivity index (χ0) is 24.6. The quantitative estimate of drug-likeness (QED) is 0.265. The van der Waals surface area contributed by atoms with Gasteiger partial charge in [0, 0.05) is 28.4 Å². The second kappa shape index (κ2) is 15.5. The van der Waals surface area contributed by atoms with E-state index in [0.29, 0.717) is 23.0 Å². The molecule has 0 aliphatic rings. The third-order valence-corrected chi connectivity index (χ3v) is 4.14. The second-order valence-corrected chi connectivity index (χ2v) is 6.68. The fourth-order valence-corrected chi connectivity index (χ4v) is 2.62. The van der Waals surface area contributed by atoms with Crippen molar-refractivity contribution in [1.82, 2.24) is 0 Å². The van der Waals surface area contributed by atoms with Crippen LogP contribution in [0.15, 0.2) is 48.6 Å². The van der Waals surface area contributed by atoms with Crippen LogP contribution in [-0.4, -0.2) is 61.4 Å². The van der Waals surface area contributed by atoms with Crippen molar-refractivity contribution in [2.75, 3.05) is 55.6 Å². The number of ketones is 1. The first-order valence-electron chi connectivity index (χ1n) is 10.3. The zero-order valence-corrected chi connectivity index (χ0v) is 19.8. The Morgan fingerprint density at radius 3 is 1.29 bits per heavy atom. The molecule has 0 fully saturated rings. The van der Waals surface area contributed by atoms with Crippen LogP contribution in [0, 0.1) is 0 Å². The Balaban J connectivity index is 2.09. The number of allylic oxidation sites excluding steroid dienone is 2. The van der Waals surface area contributed by atoms with Crippen LogP contribution in [0.3, 0.4) is 0 Å². The number of carbonyl (C=O) groups is 1. The Morgan fingerprint density at radius 2 is 0.941 bits per heavy atom. The van der Waals surface area contributed by atoms with Crippen LogP contribution in [0.25, 0.3) is 12.2 Å². The largest absolute Gasteiger partial charge is 0.464 e. The van der Waals surface area contributed by atoms with Crippen LogP contribution in [0.2, 0.25) is 0 Å². The van der Waals surface area contributed by atoms with Crippen LogP contribution in [0.5, 0.6) is 23.0 Å². The highest BCUT2D eigenvalue weighted by Gasteiger charge is 2.08. The van der Waals surface area contributed by atoms with Gasteiger partial charge in [-0.25, -0.2) is 0 Å². The smallest absolute Gasteiger partial charge is 0.188 e. The predicted octanol–water partition coefficient (Wildman–Crippen LogP) is 3.91. The Bertz CT molecular complexity index is 878. The summed E-state index contributed by atoms with van der Waals surface area (Å²) in [5, 5.41) is 0. The van der Waals surface area contributed by atoms with E-state index >= 15 is 0 Å². The Kier molecular flexibility index (Phi) is 12.2. The summed E-state index contributed by atoms with van der Waals surface area (Å²) in [4.78, 5) is 12.4. The van der Waals surface area contributed by atoms with E-state index in [9.17, 15) is 4.79 Å². The second-order valence-electron chi connectivity index (χ2n) is 6.68. The monoisotopic (exact) mass is 474 g/mol. The van der Waals surface area contributed by atoms with Crippen LogP contribution in [-0.2, 0) is 23.7 Å². The van der Waals surface area contributed by atoms with Crippen LogP contribution >= 0.6 is 0 Å². The van der Waals surface area contributed by atoms with Gasteiger partial charge in [-0.15, -0.1) is 0 Å². The fourth-order valence-electron chi connectivity index (χ4n) is 2.62. The number of hydrogen-bond acceptors (Lipinski definition) is 9. The highest BCUT2D eigenvalue weighted by molar-refractivity contribution is 6.04. The first-order chi connectivity index (χ1) is 16.6. The average molecular weight is 475 g/mol. The Labute approximate surface area is 199 Å². The highest BCUT2D eigenvalue weighted by Crippen LogP contribution is 2.30. The van der Waals surface area contributed by atoms with Crippen molar-refractivity contribution in [2.45, 2.75) is 0 Å². The van der Waals surface area contributed by atoms with Gasteiger partial charge in [-0.3, -0.25) is 4.79 Å². The molecule has 0 atom stereocenters. The molecule has 0 radical (unpaired) electrons. The van der Waals surface area contributed by atoms with E-state index in [4.69, 9.17) is 37.9 Å². The van der Waals surface area contributed by atoms with Crippen LogP contribution in [0.4, 0.5) is 0 Å². The van der Waals surface area contributed by atoms with Gasteiger partial charge in [0.1, 0.15) is 0 Å². The number of hydrogen-bond donors (Lipinski definition) is 0. The lowest BCUT2D eigenvalue weighted by Crippen LogP contribution is -2.04. The summed E-state index contributed by atoms with van der Waals surface area (Å²) in [5.74, 6) is 1.77. The molecule has 2 aromatic rings. The van der Waals surface area contributed by atoms with Crippen molar-refractivity contribution in [3.8, 4) is 23.0 Å². The van der Waals surface area contributed by atoms with E-state index in [-0.39, 0.29) is 33.0 Å². The van der Waals surface area contributed by atoms with Gasteiger partial charge in [0.25, 0.3) is 0 Å². The van der Waals surface area contributed by atoms with Gasteiger partial charge in [-0.1, -0.05) is 24.3 Å². The maximum absolute atomic E-state index is 12.4. The minimum absolute atomic E-state index is 0.0591. The van der Waals surface area contributed by atoms with Crippen molar-refractivity contribution >= 4 is 17.9 Å². The molecular weight excluding hydrogens is 444 g/mol. The van der Waals surface area contributed by atoms with Crippen molar-refractivity contribution in [3.63, 3.8) is 0 Å². The van der Waals surface area contributed by atoms with Crippen molar-refractivity contribution in [3.05, 3.63) is 59.7 Å². The molecule has 34 heavy (non-hydrogen) atoms. The van der Waals surface area contributed by atoms with E-state index in [1.54, 1.807) is 48.6 Å². The van der Waals surface area contributed by atoms with Crippen molar-refractivity contribution in [2.24, 2.45) is 0 Å². The summed E-state index contributed by atoms with van der Waals surface area (Å²) in [6.07, 6.45) is 6.28. The van der Waals surface area contributed by atoms with Gasteiger partial charge in [0.2, 0.25) is 0 Å². The SMILES string of the molecule is COCOc1ccc(/C=C/C(=O)/C=C/c2ccc(OCOC)c(OCOC)c2)cc1OCOC. The molecule has 2 aromatic carbocycles. The number of ether oxygens (including phenoxy) is 8. The van der Waals surface area contributed by atoms with Crippen LogP contribution < -0.4 is 18.9 Å². The Morgan fingerprint density at radius 1 is 0.588 bits per heavy atom. The third kappa shape index (κ3) is 9.24. The molecule has 0 aliphatic carbocycles. The Hall–Kier alpha value is -3.37. The number of rotatable bonds is 16. The predicted molar refractivity (Wildman–Crippen MR) is 126 cm³/mol. The van der Waals surface area contributed by atoms with E-state index in [2.05, 4.69) is 0 Å².